The van der Waals surface area contributed by atoms with Crippen LogP contribution in [0.3, 0.4) is 0 Å². The van der Waals surface area contributed by atoms with E-state index < -0.39 is 17.6 Å². The molecule has 0 atom stereocenters. The third-order valence-corrected chi connectivity index (χ3v) is 2.36. The smallest absolute Gasteiger partial charge is 0.366 e. The van der Waals surface area contributed by atoms with E-state index in [1.54, 1.807) is 0 Å². The minimum atomic E-state index is -4.45. The SMILES string of the molecule is Nc1n[nH]c(C(=O)NC2(C(F)(F)F)CC2)n1. The third-order valence-electron chi connectivity index (χ3n) is 2.36. The van der Waals surface area contributed by atoms with Crippen molar-refractivity contribution in [2.24, 2.45) is 0 Å². The van der Waals surface area contributed by atoms with Gasteiger partial charge in [-0.2, -0.15) is 18.2 Å². The van der Waals surface area contributed by atoms with Crippen LogP contribution in [-0.2, 0) is 0 Å². The van der Waals surface area contributed by atoms with Crippen molar-refractivity contribution >= 4 is 11.9 Å². The molecule has 0 bridgehead atoms. The van der Waals surface area contributed by atoms with Crippen LogP contribution >= 0.6 is 0 Å². The summed E-state index contributed by atoms with van der Waals surface area (Å²) in [7, 11) is 0. The zero-order valence-electron chi connectivity index (χ0n) is 7.93. The van der Waals surface area contributed by atoms with Gasteiger partial charge < -0.3 is 11.1 Å². The van der Waals surface area contributed by atoms with E-state index in [9.17, 15) is 18.0 Å². The van der Waals surface area contributed by atoms with Crippen LogP contribution in [0.2, 0.25) is 0 Å². The molecule has 1 aliphatic rings. The summed E-state index contributed by atoms with van der Waals surface area (Å²) in [6.45, 7) is 0. The number of halogens is 3. The highest BCUT2D eigenvalue weighted by Gasteiger charge is 2.64. The maximum Gasteiger partial charge on any atom is 0.411 e. The molecule has 6 nitrogen and oxygen atoms in total. The highest BCUT2D eigenvalue weighted by molar-refractivity contribution is 5.91. The Kier molecular flexibility index (Phi) is 2.07. The van der Waals surface area contributed by atoms with Gasteiger partial charge in [-0.3, -0.25) is 9.89 Å². The van der Waals surface area contributed by atoms with Crippen LogP contribution < -0.4 is 11.1 Å². The van der Waals surface area contributed by atoms with Gasteiger partial charge in [0.2, 0.25) is 11.8 Å². The molecule has 0 spiro atoms. The highest BCUT2D eigenvalue weighted by Crippen LogP contribution is 2.48. The fourth-order valence-electron chi connectivity index (χ4n) is 1.26. The highest BCUT2D eigenvalue weighted by atomic mass is 19.4. The normalized spacial score (nSPS) is 18.2. The maximum atomic E-state index is 12.5. The number of anilines is 1. The first-order valence-electron chi connectivity index (χ1n) is 4.41. The first-order chi connectivity index (χ1) is 7.34. The largest absolute Gasteiger partial charge is 0.411 e. The van der Waals surface area contributed by atoms with Crippen molar-refractivity contribution in [3.63, 3.8) is 0 Å². The molecule has 1 amide bonds. The predicted molar refractivity (Wildman–Crippen MR) is 46.3 cm³/mol. The Morgan fingerprint density at radius 3 is 2.50 bits per heavy atom. The number of nitrogens with one attached hydrogen (secondary N) is 2. The minimum absolute atomic E-state index is 0.119. The molecule has 16 heavy (non-hydrogen) atoms. The number of H-pyrrole nitrogens is 1. The lowest BCUT2D eigenvalue weighted by Gasteiger charge is -2.19. The maximum absolute atomic E-state index is 12.5. The van der Waals surface area contributed by atoms with Crippen LogP contribution in [0.4, 0.5) is 19.1 Å². The molecule has 0 saturated heterocycles. The number of alkyl halides is 3. The van der Waals surface area contributed by atoms with Crippen LogP contribution in [0.25, 0.3) is 0 Å². The molecule has 1 aromatic heterocycles. The van der Waals surface area contributed by atoms with Crippen molar-refractivity contribution in [3.8, 4) is 0 Å². The Balaban J connectivity index is 2.09. The number of nitrogen functional groups attached to an aromatic ring is 1. The van der Waals surface area contributed by atoms with Crippen molar-refractivity contribution in [1.29, 1.82) is 0 Å². The molecule has 1 saturated carbocycles. The molecule has 0 radical (unpaired) electrons. The van der Waals surface area contributed by atoms with E-state index in [2.05, 4.69) is 15.2 Å². The van der Waals surface area contributed by atoms with Crippen LogP contribution in [0, 0.1) is 0 Å². The Hall–Kier alpha value is -1.80. The van der Waals surface area contributed by atoms with Gasteiger partial charge in [0.25, 0.3) is 5.91 Å². The van der Waals surface area contributed by atoms with E-state index >= 15 is 0 Å². The van der Waals surface area contributed by atoms with E-state index in [4.69, 9.17) is 5.73 Å². The Morgan fingerprint density at radius 2 is 2.12 bits per heavy atom. The summed E-state index contributed by atoms with van der Waals surface area (Å²) in [6, 6.07) is 0. The van der Waals surface area contributed by atoms with Crippen LogP contribution in [0.1, 0.15) is 23.5 Å². The van der Waals surface area contributed by atoms with Crippen LogP contribution in [0.5, 0.6) is 0 Å². The number of nitrogens with zero attached hydrogens (tertiary/aromatic N) is 2. The van der Waals surface area contributed by atoms with Gasteiger partial charge in [0.15, 0.2) is 0 Å². The Morgan fingerprint density at radius 1 is 1.50 bits per heavy atom. The van der Waals surface area contributed by atoms with E-state index in [-0.39, 0.29) is 24.6 Å². The van der Waals surface area contributed by atoms with E-state index in [1.165, 1.54) is 0 Å². The predicted octanol–water partition coefficient (Wildman–Crippen LogP) is 0.212. The second-order valence-electron chi connectivity index (χ2n) is 3.58. The summed E-state index contributed by atoms with van der Waals surface area (Å²) in [4.78, 5) is 14.8. The van der Waals surface area contributed by atoms with Crippen molar-refractivity contribution < 1.29 is 18.0 Å². The van der Waals surface area contributed by atoms with E-state index in [0.717, 1.165) is 0 Å². The van der Waals surface area contributed by atoms with Crippen molar-refractivity contribution in [1.82, 2.24) is 20.5 Å². The van der Waals surface area contributed by atoms with Gasteiger partial charge in [-0.1, -0.05) is 0 Å². The molecular weight excluding hydrogens is 227 g/mol. The fourth-order valence-corrected chi connectivity index (χ4v) is 1.26. The number of rotatable bonds is 2. The van der Waals surface area contributed by atoms with Crippen molar-refractivity contribution in [3.05, 3.63) is 5.82 Å². The van der Waals surface area contributed by atoms with Crippen LogP contribution in [-0.4, -0.2) is 32.8 Å². The molecule has 0 aliphatic heterocycles. The molecule has 2 rings (SSSR count). The monoisotopic (exact) mass is 235 g/mol. The lowest BCUT2D eigenvalue weighted by atomic mass is 10.2. The molecule has 1 aliphatic carbocycles. The molecule has 4 N–H and O–H groups in total. The number of amides is 1. The van der Waals surface area contributed by atoms with E-state index in [1.807, 2.05) is 5.32 Å². The van der Waals surface area contributed by atoms with Crippen LogP contribution in [0.15, 0.2) is 0 Å². The fraction of sp³-hybridized carbons (Fsp3) is 0.571. The minimum Gasteiger partial charge on any atom is -0.366 e. The molecule has 1 heterocycles. The lowest BCUT2D eigenvalue weighted by Crippen LogP contribution is -2.48. The van der Waals surface area contributed by atoms with Crippen molar-refractivity contribution in [2.45, 2.75) is 24.6 Å². The van der Waals surface area contributed by atoms with Crippen molar-refractivity contribution in [2.75, 3.05) is 5.73 Å². The Bertz CT molecular complexity index is 422. The van der Waals surface area contributed by atoms with Gasteiger partial charge in [0.1, 0.15) is 5.54 Å². The molecule has 1 fully saturated rings. The Labute approximate surface area is 87.4 Å². The molecule has 0 aromatic carbocycles. The van der Waals surface area contributed by atoms with Gasteiger partial charge in [-0.25, -0.2) is 0 Å². The van der Waals surface area contributed by atoms with Gasteiger partial charge in [-0.05, 0) is 12.8 Å². The quantitative estimate of drug-likeness (QED) is 0.682. The second kappa shape index (κ2) is 3.09. The number of carbonyl (C=O) groups is 1. The summed E-state index contributed by atoms with van der Waals surface area (Å²) in [5, 5.41) is 7.38. The second-order valence-corrected chi connectivity index (χ2v) is 3.58. The molecule has 0 unspecified atom stereocenters. The van der Waals surface area contributed by atoms with E-state index in [0.29, 0.717) is 0 Å². The summed E-state index contributed by atoms with van der Waals surface area (Å²) in [5.74, 6) is -1.48. The number of hydrogen-bond acceptors (Lipinski definition) is 4. The molecule has 9 heteroatoms. The van der Waals surface area contributed by atoms with Gasteiger partial charge in [0.05, 0.1) is 0 Å². The topological polar surface area (TPSA) is 96.7 Å². The average molecular weight is 235 g/mol. The summed E-state index contributed by atoms with van der Waals surface area (Å²) in [6.07, 6.45) is -4.69. The number of aromatic amines is 1. The van der Waals surface area contributed by atoms with Gasteiger partial charge >= 0.3 is 6.18 Å². The van der Waals surface area contributed by atoms with Gasteiger partial charge in [-0.15, -0.1) is 5.10 Å². The summed E-state index contributed by atoms with van der Waals surface area (Å²) >= 11 is 0. The number of hydrogen-bond donors (Lipinski definition) is 3. The molecule has 1 aromatic rings. The zero-order chi connectivity index (χ0) is 12.0. The number of nitrogens with two attached hydrogens (primary N) is 1. The molecular formula is C7H8F3N5O. The summed E-state index contributed by atoms with van der Waals surface area (Å²) < 4.78 is 37.5. The standard InChI is InChI=1S/C7H8F3N5O/c8-7(9,10)6(1-2-6)13-4(16)3-12-5(11)15-14-3/h1-2H2,(H,13,16)(H3,11,12,14,15). The number of aromatic nitrogens is 3. The number of carbonyl (C=O) groups excluding carboxylic acids is 1. The first-order valence-corrected chi connectivity index (χ1v) is 4.41. The molecule has 88 valence electrons. The average Bonchev–Trinajstić information content (AvgIpc) is 2.81. The van der Waals surface area contributed by atoms with Gasteiger partial charge in [0, 0.05) is 0 Å². The lowest BCUT2D eigenvalue weighted by molar-refractivity contribution is -0.163. The first kappa shape index (κ1) is 10.7. The summed E-state index contributed by atoms with van der Waals surface area (Å²) in [5.41, 5.74) is 3.02. The third kappa shape index (κ3) is 1.68. The zero-order valence-corrected chi connectivity index (χ0v) is 7.93.